The number of phenolic OH excluding ortho intramolecular Hbond substituents is 1. The number of hydrogen-bond acceptors (Lipinski definition) is 4. The fourth-order valence-electron chi connectivity index (χ4n) is 1.84. The van der Waals surface area contributed by atoms with Crippen molar-refractivity contribution in [3.63, 3.8) is 0 Å². The lowest BCUT2D eigenvalue weighted by Gasteiger charge is -2.11. The van der Waals surface area contributed by atoms with Gasteiger partial charge in [-0.1, -0.05) is 29.9 Å². The van der Waals surface area contributed by atoms with Crippen LogP contribution in [-0.4, -0.2) is 33.8 Å². The zero-order chi connectivity index (χ0) is 16.0. The SMILES string of the molecule is CC(C)=CCc1ccc(O)c(C=O)c1C=C[C@@H](O)[C@@H](C)O. The summed E-state index contributed by atoms with van der Waals surface area (Å²) in [6.45, 7) is 5.43. The monoisotopic (exact) mass is 290 g/mol. The predicted octanol–water partition coefficient (Wildman–Crippen LogP) is 2.47. The lowest BCUT2D eigenvalue weighted by Crippen LogP contribution is -2.19. The first-order valence-corrected chi connectivity index (χ1v) is 6.84. The van der Waals surface area contributed by atoms with Crippen LogP contribution in [0.5, 0.6) is 5.75 Å². The highest BCUT2D eigenvalue weighted by Crippen LogP contribution is 2.25. The highest BCUT2D eigenvalue weighted by atomic mass is 16.3. The van der Waals surface area contributed by atoms with Gasteiger partial charge in [-0.15, -0.1) is 0 Å². The summed E-state index contributed by atoms with van der Waals surface area (Å²) < 4.78 is 0. The number of phenols is 1. The zero-order valence-electron chi connectivity index (χ0n) is 12.6. The van der Waals surface area contributed by atoms with E-state index in [1.165, 1.54) is 19.1 Å². The molecule has 0 aromatic heterocycles. The molecule has 0 saturated heterocycles. The Labute approximate surface area is 125 Å². The molecule has 0 spiro atoms. The molecule has 0 aliphatic rings. The Morgan fingerprint density at radius 2 is 1.90 bits per heavy atom. The van der Waals surface area contributed by atoms with Gasteiger partial charge in [0.2, 0.25) is 0 Å². The standard InChI is InChI=1S/C17H22O4/c1-11(2)4-5-13-6-8-17(21)15(10-18)14(13)7-9-16(20)12(3)19/h4,6-10,12,16,19-21H,5H2,1-3H3/t12-,16-/m1/s1. The van der Waals surface area contributed by atoms with E-state index >= 15 is 0 Å². The molecule has 4 heteroatoms. The number of carbonyl (C=O) groups excluding carboxylic acids is 1. The van der Waals surface area contributed by atoms with Gasteiger partial charge in [-0.05, 0) is 44.4 Å². The Bertz CT molecular complexity index is 552. The van der Waals surface area contributed by atoms with Crippen molar-refractivity contribution in [1.29, 1.82) is 0 Å². The first kappa shape index (κ1) is 17.1. The van der Waals surface area contributed by atoms with Gasteiger partial charge in [0.1, 0.15) is 5.75 Å². The third-order valence-corrected chi connectivity index (χ3v) is 3.16. The number of aliphatic hydroxyl groups excluding tert-OH is 2. The van der Waals surface area contributed by atoms with E-state index in [1.807, 2.05) is 19.9 Å². The number of aldehydes is 1. The second-order valence-electron chi connectivity index (χ2n) is 5.26. The maximum Gasteiger partial charge on any atom is 0.154 e. The number of hydrogen-bond donors (Lipinski definition) is 3. The van der Waals surface area contributed by atoms with Gasteiger partial charge in [-0.25, -0.2) is 0 Å². The first-order valence-electron chi connectivity index (χ1n) is 6.84. The first-order chi connectivity index (χ1) is 9.86. The molecule has 0 unspecified atom stereocenters. The quantitative estimate of drug-likeness (QED) is 0.555. The van der Waals surface area contributed by atoms with Gasteiger partial charge in [-0.2, -0.15) is 0 Å². The molecular weight excluding hydrogens is 268 g/mol. The molecule has 2 atom stereocenters. The van der Waals surface area contributed by atoms with Gasteiger partial charge in [0.25, 0.3) is 0 Å². The Morgan fingerprint density at radius 1 is 1.24 bits per heavy atom. The van der Waals surface area contributed by atoms with Crippen LogP contribution in [0.25, 0.3) is 6.08 Å². The van der Waals surface area contributed by atoms with E-state index in [4.69, 9.17) is 0 Å². The second-order valence-corrected chi connectivity index (χ2v) is 5.26. The number of aliphatic hydroxyl groups is 2. The Balaban J connectivity index is 3.26. The molecule has 4 nitrogen and oxygen atoms in total. The van der Waals surface area contributed by atoms with Crippen LogP contribution >= 0.6 is 0 Å². The number of benzene rings is 1. The molecule has 0 amide bonds. The average molecular weight is 290 g/mol. The van der Waals surface area contributed by atoms with Crippen LogP contribution in [0.4, 0.5) is 0 Å². The highest BCUT2D eigenvalue weighted by molar-refractivity contribution is 5.86. The van der Waals surface area contributed by atoms with Crippen LogP contribution in [-0.2, 0) is 6.42 Å². The summed E-state index contributed by atoms with van der Waals surface area (Å²) in [6.07, 6.45) is 4.28. The molecule has 3 N–H and O–H groups in total. The summed E-state index contributed by atoms with van der Waals surface area (Å²) >= 11 is 0. The van der Waals surface area contributed by atoms with Gasteiger partial charge in [0, 0.05) is 0 Å². The summed E-state index contributed by atoms with van der Waals surface area (Å²) in [6, 6.07) is 3.23. The van der Waals surface area contributed by atoms with Crippen molar-refractivity contribution in [1.82, 2.24) is 0 Å². The summed E-state index contributed by atoms with van der Waals surface area (Å²) in [5.41, 5.74) is 2.76. The number of aromatic hydroxyl groups is 1. The molecule has 0 aliphatic heterocycles. The lowest BCUT2D eigenvalue weighted by molar-refractivity contribution is 0.0624. The number of rotatable bonds is 6. The lowest BCUT2D eigenvalue weighted by atomic mass is 9.96. The van der Waals surface area contributed by atoms with Crippen molar-refractivity contribution in [3.8, 4) is 5.75 Å². The van der Waals surface area contributed by atoms with Crippen LogP contribution < -0.4 is 0 Å². The summed E-state index contributed by atoms with van der Waals surface area (Å²) in [7, 11) is 0. The van der Waals surface area contributed by atoms with Crippen LogP contribution in [0, 0.1) is 0 Å². The van der Waals surface area contributed by atoms with E-state index < -0.39 is 12.2 Å². The third-order valence-electron chi connectivity index (χ3n) is 3.16. The molecule has 0 bridgehead atoms. The fraction of sp³-hybridized carbons (Fsp3) is 0.353. The zero-order valence-corrected chi connectivity index (χ0v) is 12.6. The van der Waals surface area contributed by atoms with E-state index in [0.717, 1.165) is 11.1 Å². The van der Waals surface area contributed by atoms with Crippen LogP contribution in [0.2, 0.25) is 0 Å². The van der Waals surface area contributed by atoms with Crippen molar-refractivity contribution in [2.45, 2.75) is 39.4 Å². The van der Waals surface area contributed by atoms with E-state index in [-0.39, 0.29) is 11.3 Å². The van der Waals surface area contributed by atoms with Crippen LogP contribution in [0.15, 0.2) is 29.9 Å². The summed E-state index contributed by atoms with van der Waals surface area (Å²) in [5, 5.41) is 28.7. The predicted molar refractivity (Wildman–Crippen MR) is 83.4 cm³/mol. The molecule has 21 heavy (non-hydrogen) atoms. The molecule has 0 fully saturated rings. The average Bonchev–Trinajstić information content (AvgIpc) is 2.43. The minimum Gasteiger partial charge on any atom is -0.507 e. The van der Waals surface area contributed by atoms with Gasteiger partial charge in [-0.3, -0.25) is 4.79 Å². The molecule has 0 heterocycles. The van der Waals surface area contributed by atoms with Crippen LogP contribution in [0.1, 0.15) is 42.3 Å². The van der Waals surface area contributed by atoms with Crippen LogP contribution in [0.3, 0.4) is 0 Å². The molecule has 0 saturated carbocycles. The maximum absolute atomic E-state index is 11.2. The van der Waals surface area contributed by atoms with Crippen molar-refractivity contribution in [2.75, 3.05) is 0 Å². The number of allylic oxidation sites excluding steroid dienone is 2. The van der Waals surface area contributed by atoms with Gasteiger partial charge >= 0.3 is 0 Å². The van der Waals surface area contributed by atoms with Crippen molar-refractivity contribution < 1.29 is 20.1 Å². The molecule has 0 aliphatic carbocycles. The normalized spacial score (nSPS) is 14.0. The van der Waals surface area contributed by atoms with Crippen molar-refractivity contribution >= 4 is 12.4 Å². The Morgan fingerprint density at radius 3 is 2.43 bits per heavy atom. The highest BCUT2D eigenvalue weighted by Gasteiger charge is 2.11. The fourth-order valence-corrected chi connectivity index (χ4v) is 1.84. The van der Waals surface area contributed by atoms with Crippen molar-refractivity contribution in [3.05, 3.63) is 46.5 Å². The van der Waals surface area contributed by atoms with Gasteiger partial charge in [0.15, 0.2) is 6.29 Å². The van der Waals surface area contributed by atoms with E-state index in [9.17, 15) is 20.1 Å². The molecule has 0 radical (unpaired) electrons. The van der Waals surface area contributed by atoms with E-state index in [2.05, 4.69) is 0 Å². The summed E-state index contributed by atoms with van der Waals surface area (Å²) in [4.78, 5) is 11.2. The second kappa shape index (κ2) is 7.76. The number of carbonyl (C=O) groups is 1. The van der Waals surface area contributed by atoms with E-state index in [1.54, 1.807) is 12.1 Å². The molecular formula is C17H22O4. The maximum atomic E-state index is 11.2. The third kappa shape index (κ3) is 4.85. The molecule has 114 valence electrons. The van der Waals surface area contributed by atoms with Crippen molar-refractivity contribution in [2.24, 2.45) is 0 Å². The molecule has 1 rings (SSSR count). The minimum absolute atomic E-state index is 0.0999. The molecule has 1 aromatic carbocycles. The molecule has 1 aromatic rings. The summed E-state index contributed by atoms with van der Waals surface area (Å²) in [5.74, 6) is -0.0999. The smallest absolute Gasteiger partial charge is 0.154 e. The minimum atomic E-state index is -1.02. The Kier molecular flexibility index (Phi) is 6.34. The van der Waals surface area contributed by atoms with Gasteiger partial charge < -0.3 is 15.3 Å². The van der Waals surface area contributed by atoms with E-state index in [0.29, 0.717) is 18.3 Å². The Hall–Kier alpha value is -1.91. The van der Waals surface area contributed by atoms with Gasteiger partial charge in [0.05, 0.1) is 17.8 Å². The topological polar surface area (TPSA) is 77.8 Å². The largest absolute Gasteiger partial charge is 0.507 e.